The number of fused-ring (bicyclic) bond motifs is 1. The van der Waals surface area contributed by atoms with Gasteiger partial charge in [0.25, 0.3) is 5.91 Å². The summed E-state index contributed by atoms with van der Waals surface area (Å²) in [4.78, 5) is 24.6. The SMILES string of the molecule is CCn1ccc(C(=O)N2CCC[C@]3(C2)Nc2cccnc2NC3=NCc2ccccc2)n1. The molecule has 32 heavy (non-hydrogen) atoms. The predicted molar refractivity (Wildman–Crippen MR) is 125 cm³/mol. The van der Waals surface area contributed by atoms with Crippen molar-refractivity contribution in [2.45, 2.75) is 38.4 Å². The second-order valence-electron chi connectivity index (χ2n) is 8.27. The van der Waals surface area contributed by atoms with Crippen LogP contribution in [0.2, 0.25) is 0 Å². The highest BCUT2D eigenvalue weighted by Gasteiger charge is 2.45. The molecular weight excluding hydrogens is 402 g/mol. The van der Waals surface area contributed by atoms with Gasteiger partial charge in [-0.05, 0) is 43.5 Å². The summed E-state index contributed by atoms with van der Waals surface area (Å²) in [5.41, 5.74) is 2.05. The summed E-state index contributed by atoms with van der Waals surface area (Å²) >= 11 is 0. The van der Waals surface area contributed by atoms with Gasteiger partial charge in [-0.2, -0.15) is 5.10 Å². The number of piperidine rings is 1. The number of hydrogen-bond acceptors (Lipinski definition) is 5. The van der Waals surface area contributed by atoms with E-state index in [1.807, 2.05) is 48.4 Å². The van der Waals surface area contributed by atoms with Gasteiger partial charge in [-0.3, -0.25) is 14.5 Å². The van der Waals surface area contributed by atoms with Crippen LogP contribution >= 0.6 is 0 Å². The second-order valence-corrected chi connectivity index (χ2v) is 8.27. The Hall–Kier alpha value is -3.68. The molecule has 2 aliphatic heterocycles. The molecule has 164 valence electrons. The maximum absolute atomic E-state index is 13.2. The molecule has 0 saturated carbocycles. The fourth-order valence-corrected chi connectivity index (χ4v) is 4.44. The zero-order valence-corrected chi connectivity index (χ0v) is 18.2. The van der Waals surface area contributed by atoms with E-state index in [9.17, 15) is 4.79 Å². The Balaban J connectivity index is 1.46. The number of amidine groups is 1. The number of likely N-dealkylation sites (tertiary alicyclic amines) is 1. The zero-order chi connectivity index (χ0) is 22.0. The molecule has 0 radical (unpaired) electrons. The molecule has 1 spiro atoms. The maximum atomic E-state index is 13.2. The van der Waals surface area contributed by atoms with Crippen molar-refractivity contribution in [1.82, 2.24) is 19.7 Å². The molecule has 1 saturated heterocycles. The molecular formula is C24H27N7O. The number of aromatic nitrogens is 3. The molecule has 1 atom stereocenters. The Morgan fingerprint density at radius 2 is 2.06 bits per heavy atom. The average molecular weight is 430 g/mol. The van der Waals surface area contributed by atoms with E-state index in [2.05, 4.69) is 32.8 Å². The van der Waals surface area contributed by atoms with Crippen LogP contribution in [-0.4, -0.2) is 50.0 Å². The van der Waals surface area contributed by atoms with Crippen molar-refractivity contribution in [2.24, 2.45) is 4.99 Å². The van der Waals surface area contributed by atoms with Crippen LogP contribution in [0, 0.1) is 0 Å². The number of anilines is 2. The van der Waals surface area contributed by atoms with E-state index in [0.717, 1.165) is 42.3 Å². The van der Waals surface area contributed by atoms with E-state index in [1.54, 1.807) is 16.9 Å². The van der Waals surface area contributed by atoms with Crippen molar-refractivity contribution in [2.75, 3.05) is 23.7 Å². The van der Waals surface area contributed by atoms with Gasteiger partial charge in [-0.15, -0.1) is 0 Å². The molecule has 0 bridgehead atoms. The topological polar surface area (TPSA) is 87.4 Å². The fourth-order valence-electron chi connectivity index (χ4n) is 4.44. The van der Waals surface area contributed by atoms with Crippen molar-refractivity contribution in [1.29, 1.82) is 0 Å². The number of benzene rings is 1. The number of aliphatic imine (C=N–C) groups is 1. The van der Waals surface area contributed by atoms with Crippen LogP contribution in [0.1, 0.15) is 35.8 Å². The monoisotopic (exact) mass is 429 g/mol. The van der Waals surface area contributed by atoms with Crippen LogP contribution in [0.5, 0.6) is 0 Å². The molecule has 0 unspecified atom stereocenters. The predicted octanol–water partition coefficient (Wildman–Crippen LogP) is 3.41. The normalized spacial score (nSPS) is 21.2. The third-order valence-electron chi connectivity index (χ3n) is 6.10. The van der Waals surface area contributed by atoms with E-state index in [1.165, 1.54) is 0 Å². The van der Waals surface area contributed by atoms with E-state index >= 15 is 0 Å². The lowest BCUT2D eigenvalue weighted by Gasteiger charge is -2.46. The first kappa shape index (κ1) is 20.2. The Bertz CT molecular complexity index is 1140. The standard InChI is InChI=1S/C24H27N7O/c1-2-31-15-11-20(29-31)22(32)30-14-7-12-24(17-30)23(26-16-18-8-4-3-5-9-18)27-21-19(28-24)10-6-13-25-21/h3-6,8-11,13,15,28H,2,7,12,14,16-17H2,1H3,(H,25,26,27)/t24-/m1/s1. The summed E-state index contributed by atoms with van der Waals surface area (Å²) < 4.78 is 1.78. The number of aryl methyl sites for hydroxylation is 1. The number of hydrogen-bond donors (Lipinski definition) is 2. The third kappa shape index (κ3) is 3.84. The molecule has 2 N–H and O–H groups in total. The van der Waals surface area contributed by atoms with E-state index in [0.29, 0.717) is 25.3 Å². The van der Waals surface area contributed by atoms with Gasteiger partial charge in [-0.1, -0.05) is 30.3 Å². The molecule has 0 aliphatic carbocycles. The Morgan fingerprint density at radius 1 is 1.19 bits per heavy atom. The van der Waals surface area contributed by atoms with Gasteiger partial charge < -0.3 is 15.5 Å². The first-order valence-corrected chi connectivity index (χ1v) is 11.1. The lowest BCUT2D eigenvalue weighted by atomic mass is 9.85. The van der Waals surface area contributed by atoms with Crippen LogP contribution in [0.25, 0.3) is 0 Å². The summed E-state index contributed by atoms with van der Waals surface area (Å²) in [5.74, 6) is 1.54. The van der Waals surface area contributed by atoms with Crippen LogP contribution in [0.3, 0.4) is 0 Å². The molecule has 1 aromatic carbocycles. The van der Waals surface area contributed by atoms with Crippen molar-refractivity contribution in [3.8, 4) is 0 Å². The smallest absolute Gasteiger partial charge is 0.274 e. The first-order chi connectivity index (χ1) is 15.7. The molecule has 2 aliphatic rings. The molecule has 3 aromatic rings. The van der Waals surface area contributed by atoms with Gasteiger partial charge in [0.15, 0.2) is 5.82 Å². The summed E-state index contributed by atoms with van der Waals surface area (Å²) in [6.45, 7) is 4.52. The van der Waals surface area contributed by atoms with Crippen LogP contribution in [0.15, 0.2) is 65.9 Å². The molecule has 8 heteroatoms. The Labute approximate surface area is 187 Å². The minimum Gasteiger partial charge on any atom is -0.368 e. The summed E-state index contributed by atoms with van der Waals surface area (Å²) in [5, 5.41) is 11.6. The van der Waals surface area contributed by atoms with E-state index < -0.39 is 5.54 Å². The van der Waals surface area contributed by atoms with Crippen molar-refractivity contribution < 1.29 is 4.79 Å². The van der Waals surface area contributed by atoms with Gasteiger partial charge >= 0.3 is 0 Å². The molecule has 1 fully saturated rings. The van der Waals surface area contributed by atoms with Gasteiger partial charge in [0.05, 0.1) is 18.8 Å². The van der Waals surface area contributed by atoms with Gasteiger partial charge in [-0.25, -0.2) is 4.98 Å². The highest BCUT2D eigenvalue weighted by atomic mass is 16.2. The summed E-state index contributed by atoms with van der Waals surface area (Å²) in [7, 11) is 0. The number of carbonyl (C=O) groups excluding carboxylic acids is 1. The largest absolute Gasteiger partial charge is 0.368 e. The number of nitrogens with zero attached hydrogens (tertiary/aromatic N) is 5. The van der Waals surface area contributed by atoms with Gasteiger partial charge in [0, 0.05) is 25.5 Å². The number of pyridine rings is 1. The maximum Gasteiger partial charge on any atom is 0.274 e. The highest BCUT2D eigenvalue weighted by Crippen LogP contribution is 2.35. The second kappa shape index (κ2) is 8.45. The van der Waals surface area contributed by atoms with E-state index in [4.69, 9.17) is 4.99 Å². The molecule has 1 amide bonds. The number of nitrogens with one attached hydrogen (secondary N) is 2. The number of rotatable bonds is 4. The highest BCUT2D eigenvalue weighted by molar-refractivity contribution is 6.09. The zero-order valence-electron chi connectivity index (χ0n) is 18.2. The lowest BCUT2D eigenvalue weighted by molar-refractivity contribution is 0.0687. The van der Waals surface area contributed by atoms with Crippen molar-refractivity contribution >= 4 is 23.2 Å². The molecule has 2 aromatic heterocycles. The van der Waals surface area contributed by atoms with Crippen LogP contribution in [0.4, 0.5) is 11.5 Å². The lowest BCUT2D eigenvalue weighted by Crippen LogP contribution is -2.62. The molecule has 8 nitrogen and oxygen atoms in total. The van der Waals surface area contributed by atoms with Crippen molar-refractivity contribution in [3.63, 3.8) is 0 Å². The third-order valence-corrected chi connectivity index (χ3v) is 6.10. The van der Waals surface area contributed by atoms with Crippen LogP contribution < -0.4 is 10.6 Å². The van der Waals surface area contributed by atoms with Crippen molar-refractivity contribution in [3.05, 3.63) is 72.2 Å². The number of carbonyl (C=O) groups is 1. The minimum absolute atomic E-state index is 0.0440. The van der Waals surface area contributed by atoms with Gasteiger partial charge in [0.1, 0.15) is 17.1 Å². The Kier molecular flexibility index (Phi) is 5.34. The van der Waals surface area contributed by atoms with E-state index in [-0.39, 0.29) is 5.91 Å². The summed E-state index contributed by atoms with van der Waals surface area (Å²) in [6.07, 6.45) is 5.35. The Morgan fingerprint density at radius 3 is 2.88 bits per heavy atom. The minimum atomic E-state index is -0.494. The number of amides is 1. The summed E-state index contributed by atoms with van der Waals surface area (Å²) in [6, 6.07) is 15.9. The first-order valence-electron chi connectivity index (χ1n) is 11.1. The fraction of sp³-hybridized carbons (Fsp3) is 0.333. The quantitative estimate of drug-likeness (QED) is 0.664. The van der Waals surface area contributed by atoms with Gasteiger partial charge in [0.2, 0.25) is 0 Å². The average Bonchev–Trinajstić information content (AvgIpc) is 3.32. The van der Waals surface area contributed by atoms with Crippen LogP contribution in [-0.2, 0) is 13.1 Å². The molecule has 5 rings (SSSR count). The molecule has 4 heterocycles.